The molecule has 0 amide bonds. The first-order valence-electron chi connectivity index (χ1n) is 3.97. The minimum absolute atomic E-state index is 0.0410. The zero-order valence-corrected chi connectivity index (χ0v) is 8.19. The van der Waals surface area contributed by atoms with Gasteiger partial charge in [-0.1, -0.05) is 13.8 Å². The summed E-state index contributed by atoms with van der Waals surface area (Å²) in [7, 11) is 0. The fourth-order valence-electron chi connectivity index (χ4n) is 0.805. The Morgan fingerprint density at radius 3 is 2.92 bits per heavy atom. The van der Waals surface area contributed by atoms with Crippen molar-refractivity contribution in [3.05, 3.63) is 17.7 Å². The molecule has 12 heavy (non-hydrogen) atoms. The Hall–Kier alpha value is -0.480. The maximum absolute atomic E-state index is 8.75. The van der Waals surface area contributed by atoms with Crippen LogP contribution in [0.2, 0.25) is 0 Å². The highest BCUT2D eigenvalue weighted by Gasteiger charge is 2.00. The summed E-state index contributed by atoms with van der Waals surface area (Å²) in [4.78, 5) is 7.16. The lowest BCUT2D eigenvalue weighted by Crippen LogP contribution is -1.91. The van der Waals surface area contributed by atoms with Gasteiger partial charge in [0, 0.05) is 0 Å². The van der Waals surface area contributed by atoms with Crippen molar-refractivity contribution in [3.63, 3.8) is 0 Å². The molecule has 0 unspecified atom stereocenters. The smallest absolute Gasteiger partial charge is 0.116 e. The fraction of sp³-hybridized carbons (Fsp3) is 0.625. The van der Waals surface area contributed by atoms with E-state index < -0.39 is 0 Å². The molecule has 1 heterocycles. The van der Waals surface area contributed by atoms with E-state index in [2.05, 4.69) is 23.8 Å². The van der Waals surface area contributed by atoms with Crippen LogP contribution in [0.5, 0.6) is 0 Å². The lowest BCUT2D eigenvalue weighted by molar-refractivity contribution is 0.277. The Morgan fingerprint density at radius 2 is 2.42 bits per heavy atom. The minimum Gasteiger partial charge on any atom is -0.390 e. The highest BCUT2D eigenvalue weighted by Crippen LogP contribution is 2.14. The molecule has 4 heteroatoms. The van der Waals surface area contributed by atoms with E-state index in [4.69, 9.17) is 5.11 Å². The van der Waals surface area contributed by atoms with Crippen molar-refractivity contribution in [3.8, 4) is 0 Å². The second-order valence-electron chi connectivity index (χ2n) is 2.87. The van der Waals surface area contributed by atoms with Crippen LogP contribution in [0.25, 0.3) is 0 Å². The van der Waals surface area contributed by atoms with Crippen LogP contribution >= 0.6 is 11.8 Å². The van der Waals surface area contributed by atoms with E-state index in [0.29, 0.717) is 5.25 Å². The number of aromatic nitrogens is 2. The number of aliphatic hydroxyl groups is 1. The van der Waals surface area contributed by atoms with Crippen LogP contribution < -0.4 is 0 Å². The van der Waals surface area contributed by atoms with Gasteiger partial charge in [-0.15, -0.1) is 0 Å². The molecule has 0 saturated carbocycles. The normalized spacial score (nSPS) is 11.0. The summed E-state index contributed by atoms with van der Waals surface area (Å²) < 4.78 is 0. The van der Waals surface area contributed by atoms with Gasteiger partial charge in [-0.2, -0.15) is 11.8 Å². The minimum atomic E-state index is 0.0410. The second-order valence-corrected chi connectivity index (χ2v) is 4.44. The van der Waals surface area contributed by atoms with Gasteiger partial charge in [0.1, 0.15) is 5.82 Å². The molecule has 0 saturated heterocycles. The predicted molar refractivity (Wildman–Crippen MR) is 50.9 cm³/mol. The molecular formula is C8H14N2OS. The predicted octanol–water partition coefficient (Wildman–Crippen LogP) is 1.54. The topological polar surface area (TPSA) is 48.9 Å². The standard InChI is InChI=1S/C8H14N2OS/c1-6(2)12-5-8-9-3-7(4-11)10-8/h3,6,11H,4-5H2,1-2H3,(H,9,10). The maximum atomic E-state index is 8.75. The molecule has 0 spiro atoms. The van der Waals surface area contributed by atoms with Crippen LogP contribution in [0, 0.1) is 0 Å². The van der Waals surface area contributed by atoms with Crippen molar-refractivity contribution in [1.82, 2.24) is 9.97 Å². The number of aromatic amines is 1. The van der Waals surface area contributed by atoms with E-state index >= 15 is 0 Å². The van der Waals surface area contributed by atoms with Crippen LogP contribution in [0.3, 0.4) is 0 Å². The molecule has 0 radical (unpaired) electrons. The van der Waals surface area contributed by atoms with Gasteiger partial charge >= 0.3 is 0 Å². The molecule has 1 rings (SSSR count). The first kappa shape index (κ1) is 9.61. The number of H-pyrrole nitrogens is 1. The molecule has 0 atom stereocenters. The Labute approximate surface area is 76.6 Å². The van der Waals surface area contributed by atoms with Gasteiger partial charge in [0.15, 0.2) is 0 Å². The van der Waals surface area contributed by atoms with Crippen molar-refractivity contribution in [2.75, 3.05) is 0 Å². The molecule has 0 bridgehead atoms. The quantitative estimate of drug-likeness (QED) is 0.750. The number of thioether (sulfide) groups is 1. The largest absolute Gasteiger partial charge is 0.390 e. The van der Waals surface area contributed by atoms with Crippen LogP contribution in [0.4, 0.5) is 0 Å². The third-order valence-corrected chi connectivity index (χ3v) is 2.51. The van der Waals surface area contributed by atoms with Crippen molar-refractivity contribution < 1.29 is 5.11 Å². The molecule has 1 aromatic rings. The molecule has 1 aromatic heterocycles. The van der Waals surface area contributed by atoms with E-state index in [1.807, 2.05) is 11.8 Å². The Balaban J connectivity index is 2.41. The van der Waals surface area contributed by atoms with E-state index in [0.717, 1.165) is 17.3 Å². The van der Waals surface area contributed by atoms with Gasteiger partial charge in [0.05, 0.1) is 24.3 Å². The molecule has 0 aliphatic rings. The van der Waals surface area contributed by atoms with Gasteiger partial charge in [-0.3, -0.25) is 0 Å². The summed E-state index contributed by atoms with van der Waals surface area (Å²) in [6, 6.07) is 0. The maximum Gasteiger partial charge on any atom is 0.116 e. The van der Waals surface area contributed by atoms with Gasteiger partial charge in [0.2, 0.25) is 0 Å². The fourth-order valence-corrected chi connectivity index (χ4v) is 1.44. The first-order chi connectivity index (χ1) is 5.72. The third-order valence-electron chi connectivity index (χ3n) is 1.40. The monoisotopic (exact) mass is 186 g/mol. The van der Waals surface area contributed by atoms with E-state index in [-0.39, 0.29) is 6.61 Å². The lowest BCUT2D eigenvalue weighted by Gasteiger charge is -2.00. The molecule has 2 N–H and O–H groups in total. The molecule has 0 aliphatic heterocycles. The van der Waals surface area contributed by atoms with E-state index in [9.17, 15) is 0 Å². The zero-order chi connectivity index (χ0) is 8.97. The van der Waals surface area contributed by atoms with Crippen LogP contribution in [0.1, 0.15) is 25.4 Å². The van der Waals surface area contributed by atoms with Crippen LogP contribution in [0.15, 0.2) is 6.20 Å². The number of nitrogens with one attached hydrogen (secondary N) is 1. The highest BCUT2D eigenvalue weighted by atomic mass is 32.2. The Bertz CT molecular complexity index is 235. The number of hydrogen-bond acceptors (Lipinski definition) is 3. The average molecular weight is 186 g/mol. The molecule has 0 aliphatic carbocycles. The van der Waals surface area contributed by atoms with Gasteiger partial charge in [0.25, 0.3) is 0 Å². The molecule has 3 nitrogen and oxygen atoms in total. The second kappa shape index (κ2) is 4.52. The Morgan fingerprint density at radius 1 is 1.67 bits per heavy atom. The molecular weight excluding hydrogens is 172 g/mol. The van der Waals surface area contributed by atoms with E-state index in [1.54, 1.807) is 6.20 Å². The molecule has 68 valence electrons. The summed E-state index contributed by atoms with van der Waals surface area (Å²) >= 11 is 1.83. The third kappa shape index (κ3) is 2.87. The van der Waals surface area contributed by atoms with E-state index in [1.165, 1.54) is 0 Å². The molecule has 0 aromatic carbocycles. The Kier molecular flexibility index (Phi) is 3.62. The average Bonchev–Trinajstić information content (AvgIpc) is 2.48. The number of rotatable bonds is 4. The van der Waals surface area contributed by atoms with Crippen molar-refractivity contribution in [1.29, 1.82) is 0 Å². The number of nitrogens with zero attached hydrogens (tertiary/aromatic N) is 1. The van der Waals surface area contributed by atoms with Gasteiger partial charge in [-0.25, -0.2) is 4.98 Å². The summed E-state index contributed by atoms with van der Waals surface area (Å²) in [6.45, 7) is 4.35. The van der Waals surface area contributed by atoms with Gasteiger partial charge in [-0.05, 0) is 5.25 Å². The van der Waals surface area contributed by atoms with Crippen molar-refractivity contribution in [2.24, 2.45) is 0 Å². The lowest BCUT2D eigenvalue weighted by atomic mass is 10.5. The van der Waals surface area contributed by atoms with Gasteiger partial charge < -0.3 is 10.1 Å². The summed E-state index contributed by atoms with van der Waals surface area (Å²) in [5, 5.41) is 9.37. The van der Waals surface area contributed by atoms with Crippen molar-refractivity contribution in [2.45, 2.75) is 31.5 Å². The van der Waals surface area contributed by atoms with Crippen LogP contribution in [-0.2, 0) is 12.4 Å². The molecule has 0 fully saturated rings. The zero-order valence-electron chi connectivity index (χ0n) is 7.37. The summed E-state index contributed by atoms with van der Waals surface area (Å²) in [6.07, 6.45) is 1.68. The number of imidazole rings is 1. The number of hydrogen-bond donors (Lipinski definition) is 2. The summed E-state index contributed by atoms with van der Waals surface area (Å²) in [5.41, 5.74) is 0.786. The number of aliphatic hydroxyl groups excluding tert-OH is 1. The van der Waals surface area contributed by atoms with Crippen molar-refractivity contribution >= 4 is 11.8 Å². The van der Waals surface area contributed by atoms with Crippen LogP contribution in [-0.4, -0.2) is 20.3 Å². The summed E-state index contributed by atoms with van der Waals surface area (Å²) in [5.74, 6) is 1.83. The first-order valence-corrected chi connectivity index (χ1v) is 5.02. The SMILES string of the molecule is CC(C)SCc1ncc(CO)[nH]1. The highest BCUT2D eigenvalue weighted by molar-refractivity contribution is 7.99.